The van der Waals surface area contributed by atoms with Gasteiger partial charge in [-0.05, 0) is 43.9 Å². The Kier molecular flexibility index (Phi) is 1.48. The second kappa shape index (κ2) is 2.23. The quantitative estimate of drug-likeness (QED) is 0.588. The van der Waals surface area contributed by atoms with E-state index < -0.39 is 0 Å². The summed E-state index contributed by atoms with van der Waals surface area (Å²) >= 11 is 0. The van der Waals surface area contributed by atoms with Gasteiger partial charge in [-0.1, -0.05) is 6.42 Å². The van der Waals surface area contributed by atoms with Crippen LogP contribution in [0, 0.1) is 17.8 Å². The van der Waals surface area contributed by atoms with Crippen LogP contribution in [0.1, 0.15) is 32.6 Å². The topological polar surface area (TPSA) is 26.0 Å². The fraction of sp³-hybridized carbons (Fsp3) is 1.00. The van der Waals surface area contributed by atoms with Crippen LogP contribution >= 0.6 is 0 Å². The minimum Gasteiger partial charge on any atom is -0.328 e. The fourth-order valence-corrected chi connectivity index (χ4v) is 2.94. The van der Waals surface area contributed by atoms with Gasteiger partial charge in [-0.2, -0.15) is 0 Å². The molecule has 0 aromatic carbocycles. The first-order valence-corrected chi connectivity index (χ1v) is 4.53. The van der Waals surface area contributed by atoms with Crippen LogP contribution in [0.5, 0.6) is 0 Å². The van der Waals surface area contributed by atoms with Crippen LogP contribution in [0.2, 0.25) is 0 Å². The van der Waals surface area contributed by atoms with Crippen LogP contribution in [0.4, 0.5) is 0 Å². The Morgan fingerprint density at radius 3 is 2.40 bits per heavy atom. The zero-order chi connectivity index (χ0) is 7.14. The Balaban J connectivity index is 2.02. The predicted molar refractivity (Wildman–Crippen MR) is 42.6 cm³/mol. The maximum Gasteiger partial charge on any atom is 0.00415 e. The summed E-state index contributed by atoms with van der Waals surface area (Å²) in [6, 6.07) is 0.454. The van der Waals surface area contributed by atoms with Crippen LogP contribution in [0.15, 0.2) is 0 Å². The van der Waals surface area contributed by atoms with Crippen molar-refractivity contribution in [2.75, 3.05) is 0 Å². The first kappa shape index (κ1) is 6.66. The van der Waals surface area contributed by atoms with Crippen LogP contribution in [-0.4, -0.2) is 6.04 Å². The number of rotatable bonds is 1. The van der Waals surface area contributed by atoms with E-state index >= 15 is 0 Å². The normalized spacial score (nSPS) is 48.0. The second-order valence-corrected chi connectivity index (χ2v) is 4.20. The predicted octanol–water partition coefficient (Wildman–Crippen LogP) is 1.77. The lowest BCUT2D eigenvalue weighted by Crippen LogP contribution is -2.30. The van der Waals surface area contributed by atoms with Crippen LogP contribution in [0.3, 0.4) is 0 Å². The van der Waals surface area contributed by atoms with Gasteiger partial charge in [0.1, 0.15) is 0 Å². The van der Waals surface area contributed by atoms with Gasteiger partial charge < -0.3 is 5.73 Å². The molecule has 2 N–H and O–H groups in total. The van der Waals surface area contributed by atoms with E-state index in [9.17, 15) is 0 Å². The van der Waals surface area contributed by atoms with E-state index in [0.717, 1.165) is 17.8 Å². The standard InChI is InChI=1S/C9H17N/c1-6(10)9-5-7-2-3-8(9)4-7/h6-9H,2-5,10H2,1H3/t6?,7-,8+,9?/m1/s1. The van der Waals surface area contributed by atoms with Gasteiger partial charge in [-0.15, -0.1) is 0 Å². The van der Waals surface area contributed by atoms with E-state index in [2.05, 4.69) is 6.92 Å². The van der Waals surface area contributed by atoms with Crippen molar-refractivity contribution in [1.29, 1.82) is 0 Å². The molecule has 2 aliphatic rings. The Hall–Kier alpha value is -0.0400. The van der Waals surface area contributed by atoms with Gasteiger partial charge in [0.05, 0.1) is 0 Å². The van der Waals surface area contributed by atoms with E-state index in [4.69, 9.17) is 5.73 Å². The zero-order valence-electron chi connectivity index (χ0n) is 6.72. The Labute approximate surface area is 63.0 Å². The minimum atomic E-state index is 0.454. The first-order chi connectivity index (χ1) is 4.77. The molecule has 1 nitrogen and oxygen atoms in total. The summed E-state index contributed by atoms with van der Waals surface area (Å²) in [4.78, 5) is 0. The molecule has 2 fully saturated rings. The lowest BCUT2D eigenvalue weighted by atomic mass is 9.84. The van der Waals surface area contributed by atoms with E-state index in [1.54, 1.807) is 0 Å². The molecule has 0 saturated heterocycles. The third kappa shape index (κ3) is 0.878. The lowest BCUT2D eigenvalue weighted by Gasteiger charge is -2.24. The van der Waals surface area contributed by atoms with E-state index in [-0.39, 0.29) is 0 Å². The Bertz CT molecular complexity index is 131. The highest BCUT2D eigenvalue weighted by molar-refractivity contribution is 4.92. The van der Waals surface area contributed by atoms with E-state index in [1.165, 1.54) is 25.7 Å². The number of fused-ring (bicyclic) bond motifs is 2. The van der Waals surface area contributed by atoms with Crippen molar-refractivity contribution in [3.05, 3.63) is 0 Å². The monoisotopic (exact) mass is 139 g/mol. The van der Waals surface area contributed by atoms with Gasteiger partial charge in [0, 0.05) is 6.04 Å². The summed E-state index contributed by atoms with van der Waals surface area (Å²) in [5.74, 6) is 2.93. The highest BCUT2D eigenvalue weighted by Crippen LogP contribution is 2.49. The van der Waals surface area contributed by atoms with Gasteiger partial charge in [-0.3, -0.25) is 0 Å². The third-order valence-electron chi connectivity index (χ3n) is 3.47. The van der Waals surface area contributed by atoms with E-state index in [1.807, 2.05) is 0 Å². The molecule has 58 valence electrons. The molecule has 0 amide bonds. The molecule has 0 spiro atoms. The molecular formula is C9H17N. The molecule has 4 atom stereocenters. The summed E-state index contributed by atoms with van der Waals surface area (Å²) in [6.07, 6.45) is 5.89. The van der Waals surface area contributed by atoms with Gasteiger partial charge in [-0.25, -0.2) is 0 Å². The van der Waals surface area contributed by atoms with Crippen molar-refractivity contribution in [3.8, 4) is 0 Å². The molecule has 0 radical (unpaired) electrons. The molecule has 0 aromatic rings. The lowest BCUT2D eigenvalue weighted by molar-refractivity contribution is 0.293. The minimum absolute atomic E-state index is 0.454. The molecular weight excluding hydrogens is 122 g/mol. The van der Waals surface area contributed by atoms with Crippen LogP contribution in [-0.2, 0) is 0 Å². The Morgan fingerprint density at radius 2 is 2.10 bits per heavy atom. The maximum atomic E-state index is 5.88. The van der Waals surface area contributed by atoms with Crippen molar-refractivity contribution in [2.45, 2.75) is 38.6 Å². The number of nitrogens with two attached hydrogens (primary N) is 1. The molecule has 2 aliphatic carbocycles. The highest BCUT2D eigenvalue weighted by Gasteiger charge is 2.40. The molecule has 10 heavy (non-hydrogen) atoms. The number of hydrogen-bond donors (Lipinski definition) is 1. The van der Waals surface area contributed by atoms with Crippen LogP contribution < -0.4 is 5.73 Å². The Morgan fingerprint density at radius 1 is 1.30 bits per heavy atom. The molecule has 2 saturated carbocycles. The van der Waals surface area contributed by atoms with Gasteiger partial charge in [0.25, 0.3) is 0 Å². The molecule has 2 unspecified atom stereocenters. The highest BCUT2D eigenvalue weighted by atomic mass is 14.7. The fourth-order valence-electron chi connectivity index (χ4n) is 2.94. The average molecular weight is 139 g/mol. The second-order valence-electron chi connectivity index (χ2n) is 4.20. The van der Waals surface area contributed by atoms with Crippen molar-refractivity contribution < 1.29 is 0 Å². The van der Waals surface area contributed by atoms with E-state index in [0.29, 0.717) is 6.04 Å². The summed E-state index contributed by atoms with van der Waals surface area (Å²) < 4.78 is 0. The van der Waals surface area contributed by atoms with Gasteiger partial charge >= 0.3 is 0 Å². The largest absolute Gasteiger partial charge is 0.328 e. The maximum absolute atomic E-state index is 5.88. The van der Waals surface area contributed by atoms with Crippen molar-refractivity contribution in [3.63, 3.8) is 0 Å². The van der Waals surface area contributed by atoms with Gasteiger partial charge in [0.2, 0.25) is 0 Å². The van der Waals surface area contributed by atoms with Crippen molar-refractivity contribution in [1.82, 2.24) is 0 Å². The molecule has 0 heterocycles. The van der Waals surface area contributed by atoms with Crippen molar-refractivity contribution in [2.24, 2.45) is 23.5 Å². The zero-order valence-corrected chi connectivity index (χ0v) is 6.72. The molecule has 1 heteroatoms. The summed E-state index contributed by atoms with van der Waals surface area (Å²) in [6.45, 7) is 2.17. The summed E-state index contributed by atoms with van der Waals surface area (Å²) in [5.41, 5.74) is 5.88. The summed E-state index contributed by atoms with van der Waals surface area (Å²) in [5, 5.41) is 0. The first-order valence-electron chi connectivity index (χ1n) is 4.53. The van der Waals surface area contributed by atoms with Crippen molar-refractivity contribution >= 4 is 0 Å². The third-order valence-corrected chi connectivity index (χ3v) is 3.47. The molecule has 2 rings (SSSR count). The average Bonchev–Trinajstić information content (AvgIpc) is 2.44. The molecule has 0 aliphatic heterocycles. The molecule has 0 aromatic heterocycles. The smallest absolute Gasteiger partial charge is 0.00415 e. The SMILES string of the molecule is CC(N)C1C[C@@H]2CC[C@H]1C2. The number of hydrogen-bond acceptors (Lipinski definition) is 1. The molecule has 2 bridgehead atoms. The van der Waals surface area contributed by atoms with Crippen LogP contribution in [0.25, 0.3) is 0 Å². The van der Waals surface area contributed by atoms with Gasteiger partial charge in [0.15, 0.2) is 0 Å². The summed E-state index contributed by atoms with van der Waals surface area (Å²) in [7, 11) is 0.